The van der Waals surface area contributed by atoms with Crippen LogP contribution in [0.3, 0.4) is 0 Å². The van der Waals surface area contributed by atoms with Crippen molar-refractivity contribution in [3.8, 4) is 17.2 Å². The molecule has 18 heavy (non-hydrogen) atoms. The fraction of sp³-hybridized carbons (Fsp3) is 0.364. The maximum Gasteiger partial charge on any atom is 0.318 e. The number of nitro groups is 1. The van der Waals surface area contributed by atoms with Crippen molar-refractivity contribution in [2.75, 3.05) is 6.61 Å². The smallest absolute Gasteiger partial charge is 0.318 e. The van der Waals surface area contributed by atoms with Gasteiger partial charge < -0.3 is 14.9 Å². The molecule has 0 bridgehead atoms. The van der Waals surface area contributed by atoms with E-state index in [1.165, 1.54) is 6.92 Å². The number of carbonyl (C=O) groups is 1. The maximum absolute atomic E-state index is 11.4. The van der Waals surface area contributed by atoms with Gasteiger partial charge in [0.2, 0.25) is 5.75 Å². The summed E-state index contributed by atoms with van der Waals surface area (Å²) in [6, 6.07) is 0. The second-order valence-electron chi connectivity index (χ2n) is 3.62. The van der Waals surface area contributed by atoms with Gasteiger partial charge in [-0.1, -0.05) is 0 Å². The number of phenolic OH excluding ortho intramolecular Hbond substituents is 2. The lowest BCUT2D eigenvalue weighted by Crippen LogP contribution is -2.05. The number of ketones is 1. The number of nitro benzene ring substituents is 1. The first kappa shape index (κ1) is 13.8. The molecule has 98 valence electrons. The van der Waals surface area contributed by atoms with Crippen molar-refractivity contribution >= 4 is 11.5 Å². The van der Waals surface area contributed by atoms with Crippen molar-refractivity contribution in [3.05, 3.63) is 21.2 Å². The summed E-state index contributed by atoms with van der Waals surface area (Å²) >= 11 is 0. The summed E-state index contributed by atoms with van der Waals surface area (Å²) in [7, 11) is 0. The van der Waals surface area contributed by atoms with Gasteiger partial charge >= 0.3 is 5.69 Å². The Hall–Kier alpha value is -2.31. The van der Waals surface area contributed by atoms with Gasteiger partial charge in [0.1, 0.15) is 5.56 Å². The van der Waals surface area contributed by atoms with Gasteiger partial charge in [0.05, 0.1) is 17.1 Å². The van der Waals surface area contributed by atoms with E-state index in [2.05, 4.69) is 0 Å². The Morgan fingerprint density at radius 3 is 2.33 bits per heavy atom. The summed E-state index contributed by atoms with van der Waals surface area (Å²) in [5, 5.41) is 30.4. The number of benzene rings is 1. The summed E-state index contributed by atoms with van der Waals surface area (Å²) in [5.74, 6) is -2.15. The van der Waals surface area contributed by atoms with E-state index in [0.717, 1.165) is 6.92 Å². The molecule has 0 aliphatic carbocycles. The Labute approximate surface area is 103 Å². The fourth-order valence-electron chi connectivity index (χ4n) is 1.64. The predicted octanol–water partition coefficient (Wildman–Crippen LogP) is 1.92. The lowest BCUT2D eigenvalue weighted by molar-refractivity contribution is -0.386. The number of ether oxygens (including phenoxy) is 1. The van der Waals surface area contributed by atoms with Crippen LogP contribution in [0.25, 0.3) is 0 Å². The van der Waals surface area contributed by atoms with Crippen LogP contribution in [0, 0.1) is 17.0 Å². The van der Waals surface area contributed by atoms with Crippen LogP contribution in [0.4, 0.5) is 5.69 Å². The van der Waals surface area contributed by atoms with E-state index in [1.54, 1.807) is 6.92 Å². The Balaban J connectivity index is 3.76. The number of Topliss-reactive ketones (excluding diaryl/α,β-unsaturated/α-hetero) is 1. The highest BCUT2D eigenvalue weighted by molar-refractivity contribution is 6.02. The van der Waals surface area contributed by atoms with Crippen LogP contribution < -0.4 is 4.74 Å². The van der Waals surface area contributed by atoms with E-state index in [0.29, 0.717) is 0 Å². The first-order valence-corrected chi connectivity index (χ1v) is 5.19. The zero-order chi connectivity index (χ0) is 14.0. The van der Waals surface area contributed by atoms with Crippen LogP contribution >= 0.6 is 0 Å². The van der Waals surface area contributed by atoms with Crippen molar-refractivity contribution in [1.82, 2.24) is 0 Å². The maximum atomic E-state index is 11.4. The van der Waals surface area contributed by atoms with Gasteiger partial charge in [-0.2, -0.15) is 0 Å². The number of rotatable bonds is 4. The molecule has 0 saturated heterocycles. The van der Waals surface area contributed by atoms with Gasteiger partial charge in [-0.15, -0.1) is 0 Å². The van der Waals surface area contributed by atoms with E-state index in [-0.39, 0.29) is 23.5 Å². The quantitative estimate of drug-likeness (QED) is 0.368. The minimum atomic E-state index is -0.855. The zero-order valence-corrected chi connectivity index (χ0v) is 10.2. The second kappa shape index (κ2) is 4.91. The standard InChI is InChI=1S/C11H13NO6/c1-4-18-11-7(6(3)13)10(15)8(12(16)17)5(2)9(11)14/h14-15H,4H2,1-3H3. The van der Waals surface area contributed by atoms with E-state index < -0.39 is 27.9 Å². The van der Waals surface area contributed by atoms with Gasteiger partial charge in [-0.25, -0.2) is 0 Å². The van der Waals surface area contributed by atoms with Crippen molar-refractivity contribution in [3.63, 3.8) is 0 Å². The van der Waals surface area contributed by atoms with Crippen LogP contribution in [0.1, 0.15) is 29.8 Å². The largest absolute Gasteiger partial charge is 0.504 e. The Bertz CT molecular complexity index is 523. The minimum Gasteiger partial charge on any atom is -0.504 e. The summed E-state index contributed by atoms with van der Waals surface area (Å²) in [6.45, 7) is 4.15. The molecule has 1 aromatic carbocycles. The number of nitrogens with zero attached hydrogens (tertiary/aromatic N) is 1. The van der Waals surface area contributed by atoms with Gasteiger partial charge in [0, 0.05) is 0 Å². The normalized spacial score (nSPS) is 10.2. The molecule has 1 aromatic rings. The summed E-state index contributed by atoms with van der Waals surface area (Å²) < 4.78 is 5.07. The van der Waals surface area contributed by atoms with Crippen LogP contribution in [-0.4, -0.2) is 27.5 Å². The Kier molecular flexibility index (Phi) is 3.75. The molecule has 0 radical (unpaired) electrons. The summed E-state index contributed by atoms with van der Waals surface area (Å²) in [6.07, 6.45) is 0. The van der Waals surface area contributed by atoms with Crippen molar-refractivity contribution in [2.24, 2.45) is 0 Å². The number of hydrogen-bond acceptors (Lipinski definition) is 6. The van der Waals surface area contributed by atoms with Crippen molar-refractivity contribution in [1.29, 1.82) is 0 Å². The van der Waals surface area contributed by atoms with Crippen LogP contribution in [0.5, 0.6) is 17.2 Å². The van der Waals surface area contributed by atoms with Crippen molar-refractivity contribution < 1.29 is 24.7 Å². The van der Waals surface area contributed by atoms with E-state index in [4.69, 9.17) is 4.74 Å². The third-order valence-corrected chi connectivity index (χ3v) is 2.44. The molecule has 0 heterocycles. The first-order chi connectivity index (χ1) is 8.32. The molecule has 0 aliphatic rings. The average molecular weight is 255 g/mol. The van der Waals surface area contributed by atoms with E-state index >= 15 is 0 Å². The predicted molar refractivity (Wildman–Crippen MR) is 62.3 cm³/mol. The molecule has 0 spiro atoms. The SMILES string of the molecule is CCOc1c(O)c(C)c([N+](=O)[O-])c(O)c1C(C)=O. The number of aromatic hydroxyl groups is 2. The molecule has 0 amide bonds. The molecule has 0 fully saturated rings. The highest BCUT2D eigenvalue weighted by atomic mass is 16.6. The van der Waals surface area contributed by atoms with Crippen LogP contribution in [0.15, 0.2) is 0 Å². The Morgan fingerprint density at radius 1 is 1.39 bits per heavy atom. The van der Waals surface area contributed by atoms with Gasteiger partial charge in [0.25, 0.3) is 0 Å². The van der Waals surface area contributed by atoms with Gasteiger partial charge in [0.15, 0.2) is 17.3 Å². The lowest BCUT2D eigenvalue weighted by Gasteiger charge is -2.14. The molecular formula is C11H13NO6. The van der Waals surface area contributed by atoms with Crippen LogP contribution in [0.2, 0.25) is 0 Å². The molecular weight excluding hydrogens is 242 g/mol. The van der Waals surface area contributed by atoms with E-state index in [9.17, 15) is 25.1 Å². The molecule has 0 aromatic heterocycles. The molecule has 0 aliphatic heterocycles. The molecule has 0 atom stereocenters. The lowest BCUT2D eigenvalue weighted by atomic mass is 10.0. The highest BCUT2D eigenvalue weighted by Gasteiger charge is 2.31. The monoisotopic (exact) mass is 255 g/mol. The topological polar surface area (TPSA) is 110 Å². The van der Waals surface area contributed by atoms with Gasteiger partial charge in [-0.05, 0) is 20.8 Å². The van der Waals surface area contributed by atoms with Gasteiger partial charge in [-0.3, -0.25) is 14.9 Å². The minimum absolute atomic E-state index is 0.143. The third kappa shape index (κ3) is 2.06. The third-order valence-electron chi connectivity index (χ3n) is 2.44. The molecule has 7 nitrogen and oxygen atoms in total. The molecule has 0 unspecified atom stereocenters. The number of hydrogen-bond donors (Lipinski definition) is 2. The Morgan fingerprint density at radius 2 is 1.94 bits per heavy atom. The number of phenols is 2. The zero-order valence-electron chi connectivity index (χ0n) is 10.2. The first-order valence-electron chi connectivity index (χ1n) is 5.19. The molecule has 0 saturated carbocycles. The molecule has 1 rings (SSSR count). The second-order valence-corrected chi connectivity index (χ2v) is 3.62. The van der Waals surface area contributed by atoms with E-state index in [1.807, 2.05) is 0 Å². The molecule has 7 heteroatoms. The van der Waals surface area contributed by atoms with Crippen LogP contribution in [-0.2, 0) is 0 Å². The van der Waals surface area contributed by atoms with Crippen molar-refractivity contribution in [2.45, 2.75) is 20.8 Å². The fourth-order valence-corrected chi connectivity index (χ4v) is 1.64. The number of carbonyl (C=O) groups excluding carboxylic acids is 1. The average Bonchev–Trinajstić information content (AvgIpc) is 2.25. The molecule has 2 N–H and O–H groups in total. The summed E-state index contributed by atoms with van der Waals surface area (Å²) in [5.41, 5.74) is -1.22. The highest BCUT2D eigenvalue weighted by Crippen LogP contribution is 2.46. The summed E-state index contributed by atoms with van der Waals surface area (Å²) in [4.78, 5) is 21.4.